The predicted molar refractivity (Wildman–Crippen MR) is 163 cm³/mol. The van der Waals surface area contributed by atoms with Crippen LogP contribution in [-0.4, -0.2) is 86.5 Å². The Hall–Kier alpha value is -4.75. The molecule has 0 saturated carbocycles. The summed E-state index contributed by atoms with van der Waals surface area (Å²) in [6.45, 7) is 0.0183. The first-order valence-electron chi connectivity index (χ1n) is 14.1. The molecule has 0 radical (unpaired) electrons. The summed E-state index contributed by atoms with van der Waals surface area (Å²) < 4.78 is 0. The number of allylic oxidation sites excluding steroid dienone is 1. The number of carboxylic acids is 1. The minimum absolute atomic E-state index is 0.000662. The molecule has 2 aromatic carbocycles. The summed E-state index contributed by atoms with van der Waals surface area (Å²) in [6, 6.07) is 9.48. The van der Waals surface area contributed by atoms with E-state index in [1.165, 1.54) is 6.20 Å². The smallest absolute Gasteiger partial charge is 0.358 e. The highest BCUT2D eigenvalue weighted by molar-refractivity contribution is 6.45. The molecule has 0 aliphatic carbocycles. The number of hydrazine groups is 2. The number of carbonyl (C=O) groups excluding carboxylic acids is 5. The number of Topliss-reactive ketones (excluding diaryl/α,β-unsaturated/α-hetero) is 1. The van der Waals surface area contributed by atoms with Crippen molar-refractivity contribution in [3.63, 3.8) is 0 Å². The van der Waals surface area contributed by atoms with Gasteiger partial charge in [0.1, 0.15) is 12.1 Å². The van der Waals surface area contributed by atoms with Crippen molar-refractivity contribution >= 4 is 70.0 Å². The van der Waals surface area contributed by atoms with Crippen LogP contribution in [0.4, 0.5) is 4.79 Å². The number of rotatable bonds is 9. The van der Waals surface area contributed by atoms with Gasteiger partial charge in [-0.2, -0.15) is 0 Å². The number of halogens is 2. The molecule has 5 rings (SSSR count). The highest BCUT2D eigenvalue weighted by atomic mass is 35.5. The zero-order chi connectivity index (χ0) is 32.2. The normalized spacial score (nSPS) is 18.8. The monoisotopic (exact) mass is 654 g/mol. The highest BCUT2D eigenvalue weighted by Crippen LogP contribution is 2.35. The standard InChI is InChI=1S/C30H28Cl2N6O7/c31-19-8-4-9-20(32)26(19)18-14-21(33-16-18)27(42)22(15-25(40)41)34-29(44)23-10-5-12-37-24(39)11-13-36(30(45)38(23)37)35-28(43)17-6-2-1-3-7-17/h1-4,6-9,16,22-23H,5,10-15H2,(H,34,44)(H,35,43)(H,40,41)/t22-,23-/m0/s1. The van der Waals surface area contributed by atoms with Gasteiger partial charge in [0.15, 0.2) is 5.78 Å². The molecule has 15 heteroatoms. The molecule has 3 aliphatic heterocycles. The molecule has 13 nitrogen and oxygen atoms in total. The van der Waals surface area contributed by atoms with Crippen molar-refractivity contribution < 1.29 is 33.9 Å². The second kappa shape index (κ2) is 13.5. The summed E-state index contributed by atoms with van der Waals surface area (Å²) in [5, 5.41) is 15.8. The van der Waals surface area contributed by atoms with Gasteiger partial charge < -0.3 is 10.4 Å². The minimum Gasteiger partial charge on any atom is -0.481 e. The maximum absolute atomic E-state index is 13.7. The van der Waals surface area contributed by atoms with Crippen molar-refractivity contribution in [2.75, 3.05) is 13.1 Å². The summed E-state index contributed by atoms with van der Waals surface area (Å²) in [4.78, 5) is 82.6. The van der Waals surface area contributed by atoms with Crippen LogP contribution in [0, 0.1) is 0 Å². The Morgan fingerprint density at radius 1 is 1.00 bits per heavy atom. The maximum atomic E-state index is 13.7. The molecule has 0 aromatic heterocycles. The van der Waals surface area contributed by atoms with E-state index in [-0.39, 0.29) is 43.6 Å². The predicted octanol–water partition coefficient (Wildman–Crippen LogP) is 3.09. The molecule has 0 unspecified atom stereocenters. The van der Waals surface area contributed by atoms with Gasteiger partial charge in [-0.25, -0.2) is 19.8 Å². The average molecular weight is 655 g/mol. The fourth-order valence-electron chi connectivity index (χ4n) is 5.38. The largest absolute Gasteiger partial charge is 0.481 e. The number of carboxylic acid groups (broad SMARTS) is 1. The van der Waals surface area contributed by atoms with Crippen molar-refractivity contribution in [1.82, 2.24) is 25.8 Å². The van der Waals surface area contributed by atoms with E-state index in [0.29, 0.717) is 27.6 Å². The number of ketones is 1. The number of nitrogens with zero attached hydrogens (tertiary/aromatic N) is 4. The van der Waals surface area contributed by atoms with Crippen molar-refractivity contribution in [3.8, 4) is 0 Å². The molecule has 234 valence electrons. The molecule has 2 aromatic rings. The number of fused-ring (bicyclic) bond motifs is 1. The van der Waals surface area contributed by atoms with Crippen molar-refractivity contribution in [1.29, 1.82) is 0 Å². The average Bonchev–Trinajstić information content (AvgIpc) is 3.47. The molecule has 3 heterocycles. The summed E-state index contributed by atoms with van der Waals surface area (Å²) in [5.41, 5.74) is 3.82. The fourth-order valence-corrected chi connectivity index (χ4v) is 6.02. The fraction of sp³-hybridized carbons (Fsp3) is 0.300. The number of hydrogen-bond donors (Lipinski definition) is 3. The lowest BCUT2D eigenvalue weighted by Crippen LogP contribution is -2.65. The number of hydrogen-bond acceptors (Lipinski definition) is 7. The zero-order valence-corrected chi connectivity index (χ0v) is 25.3. The molecule has 2 saturated heterocycles. The summed E-state index contributed by atoms with van der Waals surface area (Å²) >= 11 is 12.6. The Bertz CT molecular complexity index is 1610. The number of benzene rings is 2. The van der Waals surface area contributed by atoms with Crippen LogP contribution in [0.1, 0.15) is 48.0 Å². The van der Waals surface area contributed by atoms with Crippen LogP contribution in [0.2, 0.25) is 10.0 Å². The first-order chi connectivity index (χ1) is 21.5. The van der Waals surface area contributed by atoms with Crippen LogP contribution < -0.4 is 10.7 Å². The number of carbonyl (C=O) groups is 6. The Kier molecular flexibility index (Phi) is 9.49. The molecule has 0 bridgehead atoms. The van der Waals surface area contributed by atoms with Gasteiger partial charge in [0.25, 0.3) is 5.91 Å². The minimum atomic E-state index is -1.52. The topological polar surface area (TPSA) is 169 Å². The summed E-state index contributed by atoms with van der Waals surface area (Å²) in [5.74, 6) is -3.94. The van der Waals surface area contributed by atoms with Crippen molar-refractivity contribution in [2.24, 2.45) is 4.99 Å². The van der Waals surface area contributed by atoms with E-state index in [1.807, 2.05) is 0 Å². The van der Waals surface area contributed by atoms with E-state index < -0.39 is 54.0 Å². The van der Waals surface area contributed by atoms with Crippen LogP contribution in [0.25, 0.3) is 5.57 Å². The van der Waals surface area contributed by atoms with Gasteiger partial charge in [-0.3, -0.25) is 34.4 Å². The van der Waals surface area contributed by atoms with E-state index in [9.17, 15) is 33.9 Å². The molecular formula is C30H28Cl2N6O7. The van der Waals surface area contributed by atoms with Gasteiger partial charge in [0.05, 0.1) is 18.7 Å². The third kappa shape index (κ3) is 6.84. The van der Waals surface area contributed by atoms with Gasteiger partial charge in [-0.05, 0) is 42.7 Å². The molecule has 2 fully saturated rings. The maximum Gasteiger partial charge on any atom is 0.358 e. The number of amides is 5. The molecule has 5 amide bonds. The van der Waals surface area contributed by atoms with Crippen LogP contribution in [0.3, 0.4) is 0 Å². The van der Waals surface area contributed by atoms with E-state index in [1.54, 1.807) is 48.5 Å². The molecule has 3 aliphatic rings. The number of nitrogens with one attached hydrogen (secondary N) is 2. The third-order valence-electron chi connectivity index (χ3n) is 7.56. The van der Waals surface area contributed by atoms with Crippen LogP contribution in [0.5, 0.6) is 0 Å². The van der Waals surface area contributed by atoms with Gasteiger partial charge in [0, 0.05) is 46.8 Å². The third-order valence-corrected chi connectivity index (χ3v) is 8.19. The number of urea groups is 1. The molecule has 3 N–H and O–H groups in total. The van der Waals surface area contributed by atoms with Crippen molar-refractivity contribution in [2.45, 2.75) is 44.2 Å². The zero-order valence-electron chi connectivity index (χ0n) is 23.7. The highest BCUT2D eigenvalue weighted by Gasteiger charge is 2.45. The summed E-state index contributed by atoms with van der Waals surface area (Å²) in [6.07, 6.45) is 1.03. The van der Waals surface area contributed by atoms with Gasteiger partial charge in [-0.1, -0.05) is 47.5 Å². The lowest BCUT2D eigenvalue weighted by atomic mass is 9.97. The number of aliphatic imine (C=N–C) groups is 1. The second-order valence-electron chi connectivity index (χ2n) is 10.5. The van der Waals surface area contributed by atoms with Crippen LogP contribution >= 0.6 is 23.2 Å². The summed E-state index contributed by atoms with van der Waals surface area (Å²) in [7, 11) is 0. The van der Waals surface area contributed by atoms with E-state index in [2.05, 4.69) is 15.7 Å². The van der Waals surface area contributed by atoms with Crippen LogP contribution in [-0.2, 0) is 19.2 Å². The Morgan fingerprint density at radius 2 is 1.71 bits per heavy atom. The van der Waals surface area contributed by atoms with Gasteiger partial charge in [0.2, 0.25) is 11.8 Å². The van der Waals surface area contributed by atoms with E-state index in [4.69, 9.17) is 23.2 Å². The van der Waals surface area contributed by atoms with Gasteiger partial charge in [-0.15, -0.1) is 0 Å². The lowest BCUT2D eigenvalue weighted by Gasteiger charge is -2.43. The Morgan fingerprint density at radius 3 is 2.40 bits per heavy atom. The molecular weight excluding hydrogens is 627 g/mol. The van der Waals surface area contributed by atoms with Crippen molar-refractivity contribution in [3.05, 3.63) is 75.9 Å². The van der Waals surface area contributed by atoms with Crippen LogP contribution in [0.15, 0.2) is 59.7 Å². The molecule has 0 spiro atoms. The molecule has 2 atom stereocenters. The second-order valence-corrected chi connectivity index (χ2v) is 11.4. The van der Waals surface area contributed by atoms with Gasteiger partial charge >= 0.3 is 12.0 Å². The molecule has 45 heavy (non-hydrogen) atoms. The quantitative estimate of drug-likeness (QED) is 0.373. The SMILES string of the molecule is O=C(O)C[C@H](NC(=O)[C@@H]1CCCN2C(=O)CCN(NC(=O)c3ccccc3)C(=O)N12)C(=O)C1=NC=C(c2c(Cl)cccc2Cl)C1. The first kappa shape index (κ1) is 31.7. The lowest BCUT2D eigenvalue weighted by molar-refractivity contribution is -0.155. The Labute approximate surface area is 267 Å². The first-order valence-corrected chi connectivity index (χ1v) is 14.8. The van der Waals surface area contributed by atoms with E-state index in [0.717, 1.165) is 15.0 Å². The Balaban J connectivity index is 1.33. The van der Waals surface area contributed by atoms with E-state index >= 15 is 0 Å². The number of aliphatic carboxylic acids is 1.